The molecule has 0 aromatic carbocycles. The molecule has 2 fully saturated rings. The molecule has 0 aromatic rings. The van der Waals surface area contributed by atoms with Gasteiger partial charge >= 0.3 is 0 Å². The monoisotopic (exact) mass is 319 g/mol. The van der Waals surface area contributed by atoms with Crippen LogP contribution in [0.1, 0.15) is 26.7 Å². The number of fused-ring (bicyclic) bond motifs is 1. The molecule has 1 heterocycles. The van der Waals surface area contributed by atoms with Crippen LogP contribution in [0.2, 0.25) is 0 Å². The standard InChI is InChI=1S/C17H21NO5/c1-7-3-4-9-5-11(19)12(20)6-10(9)13(7)16(22)14-15(21)8(2)18-17(14)23/h3-4,7-10,12-13,20,22H,5-6H2,1-2H3,(H,18,23). The predicted octanol–water partition coefficient (Wildman–Crippen LogP) is 0.664. The molecular formula is C17H21NO5. The maximum atomic E-state index is 12.2. The lowest BCUT2D eigenvalue weighted by molar-refractivity contribution is -0.133. The summed E-state index contributed by atoms with van der Waals surface area (Å²) in [5.41, 5.74) is -0.171. The van der Waals surface area contributed by atoms with Gasteiger partial charge in [-0.15, -0.1) is 0 Å². The molecule has 0 radical (unpaired) electrons. The van der Waals surface area contributed by atoms with Crippen LogP contribution in [0.25, 0.3) is 0 Å². The molecule has 1 saturated heterocycles. The Morgan fingerprint density at radius 1 is 1.22 bits per heavy atom. The van der Waals surface area contributed by atoms with Gasteiger partial charge in [0.05, 0.1) is 6.04 Å². The van der Waals surface area contributed by atoms with Gasteiger partial charge in [0.15, 0.2) is 11.6 Å². The molecule has 3 N–H and O–H groups in total. The van der Waals surface area contributed by atoms with E-state index in [4.69, 9.17) is 0 Å². The van der Waals surface area contributed by atoms with Gasteiger partial charge in [-0.25, -0.2) is 0 Å². The van der Waals surface area contributed by atoms with Gasteiger partial charge in [-0.2, -0.15) is 0 Å². The fourth-order valence-electron chi connectivity index (χ4n) is 4.06. The number of ketones is 2. The zero-order valence-electron chi connectivity index (χ0n) is 13.2. The summed E-state index contributed by atoms with van der Waals surface area (Å²) in [4.78, 5) is 35.9. The number of carbonyl (C=O) groups excluding carboxylic acids is 3. The van der Waals surface area contributed by atoms with Crippen molar-refractivity contribution in [3.63, 3.8) is 0 Å². The third-order valence-corrected chi connectivity index (χ3v) is 5.33. The van der Waals surface area contributed by atoms with Crippen LogP contribution in [-0.4, -0.2) is 39.8 Å². The summed E-state index contributed by atoms with van der Waals surface area (Å²) in [6.45, 7) is 3.48. The SMILES string of the molecule is CC1NC(=O)C(=C(O)C2C(C)C=CC3CC(=O)C(O)CC32)C1=O. The minimum atomic E-state index is -1.04. The quantitative estimate of drug-likeness (QED) is 0.285. The topological polar surface area (TPSA) is 104 Å². The smallest absolute Gasteiger partial charge is 0.259 e. The van der Waals surface area contributed by atoms with E-state index >= 15 is 0 Å². The first-order valence-corrected chi connectivity index (χ1v) is 7.98. The van der Waals surface area contributed by atoms with Crippen LogP contribution in [0.5, 0.6) is 0 Å². The van der Waals surface area contributed by atoms with Gasteiger partial charge in [-0.05, 0) is 31.1 Å². The van der Waals surface area contributed by atoms with Gasteiger partial charge in [-0.1, -0.05) is 19.1 Å². The first-order chi connectivity index (χ1) is 10.8. The molecule has 0 bridgehead atoms. The zero-order valence-corrected chi connectivity index (χ0v) is 13.2. The highest BCUT2D eigenvalue weighted by Crippen LogP contribution is 2.45. The van der Waals surface area contributed by atoms with Gasteiger partial charge in [0.25, 0.3) is 5.91 Å². The molecule has 23 heavy (non-hydrogen) atoms. The number of hydrogen-bond donors (Lipinski definition) is 3. The molecule has 1 amide bonds. The van der Waals surface area contributed by atoms with E-state index in [0.717, 1.165) is 0 Å². The van der Waals surface area contributed by atoms with Crippen molar-refractivity contribution >= 4 is 17.5 Å². The third-order valence-electron chi connectivity index (χ3n) is 5.33. The molecule has 2 aliphatic carbocycles. The highest BCUT2D eigenvalue weighted by Gasteiger charge is 2.46. The molecule has 0 spiro atoms. The Labute approximate surface area is 134 Å². The van der Waals surface area contributed by atoms with Crippen molar-refractivity contribution < 1.29 is 24.6 Å². The predicted molar refractivity (Wildman–Crippen MR) is 81.3 cm³/mol. The van der Waals surface area contributed by atoms with E-state index in [1.807, 2.05) is 19.1 Å². The molecule has 6 heteroatoms. The number of allylic oxidation sites excluding steroid dienone is 3. The Kier molecular flexibility index (Phi) is 3.88. The highest BCUT2D eigenvalue weighted by atomic mass is 16.3. The maximum Gasteiger partial charge on any atom is 0.259 e. The number of rotatable bonds is 1. The summed E-state index contributed by atoms with van der Waals surface area (Å²) in [6, 6.07) is -0.636. The molecular weight excluding hydrogens is 298 g/mol. The average Bonchev–Trinajstić information content (AvgIpc) is 2.73. The first-order valence-electron chi connectivity index (χ1n) is 7.98. The molecule has 124 valence electrons. The molecule has 3 rings (SSSR count). The van der Waals surface area contributed by atoms with E-state index < -0.39 is 29.8 Å². The molecule has 6 atom stereocenters. The summed E-state index contributed by atoms with van der Waals surface area (Å²) in [5, 5.41) is 23.1. The normalized spacial score (nSPS) is 42.5. The van der Waals surface area contributed by atoms with Crippen LogP contribution >= 0.6 is 0 Å². The highest BCUT2D eigenvalue weighted by molar-refractivity contribution is 6.26. The number of aliphatic hydroxyl groups excluding tert-OH is 2. The number of carbonyl (C=O) groups is 3. The van der Waals surface area contributed by atoms with Crippen molar-refractivity contribution in [3.8, 4) is 0 Å². The van der Waals surface area contributed by atoms with E-state index in [2.05, 4.69) is 5.32 Å². The summed E-state index contributed by atoms with van der Waals surface area (Å²) < 4.78 is 0. The molecule has 1 aliphatic heterocycles. The largest absolute Gasteiger partial charge is 0.511 e. The van der Waals surface area contributed by atoms with E-state index in [-0.39, 0.29) is 47.7 Å². The van der Waals surface area contributed by atoms with E-state index in [0.29, 0.717) is 0 Å². The fraction of sp³-hybridized carbons (Fsp3) is 0.588. The minimum absolute atomic E-state index is 0.0770. The summed E-state index contributed by atoms with van der Waals surface area (Å²) in [5.74, 6) is -2.11. The average molecular weight is 319 g/mol. The van der Waals surface area contributed by atoms with Crippen LogP contribution in [0, 0.1) is 23.7 Å². The van der Waals surface area contributed by atoms with Crippen LogP contribution in [0.15, 0.2) is 23.5 Å². The maximum absolute atomic E-state index is 12.2. The molecule has 6 nitrogen and oxygen atoms in total. The van der Waals surface area contributed by atoms with Crippen molar-refractivity contribution in [1.29, 1.82) is 0 Å². The lowest BCUT2D eigenvalue weighted by Gasteiger charge is -2.42. The molecule has 0 aromatic heterocycles. The first kappa shape index (κ1) is 15.9. The lowest BCUT2D eigenvalue weighted by Crippen LogP contribution is -2.42. The minimum Gasteiger partial charge on any atom is -0.511 e. The van der Waals surface area contributed by atoms with Gasteiger partial charge in [0, 0.05) is 12.3 Å². The van der Waals surface area contributed by atoms with Gasteiger partial charge < -0.3 is 15.5 Å². The van der Waals surface area contributed by atoms with Crippen molar-refractivity contribution in [3.05, 3.63) is 23.5 Å². The Morgan fingerprint density at radius 2 is 1.91 bits per heavy atom. The van der Waals surface area contributed by atoms with Crippen molar-refractivity contribution in [2.24, 2.45) is 23.7 Å². The number of hydrogen-bond acceptors (Lipinski definition) is 5. The van der Waals surface area contributed by atoms with Gasteiger partial charge in [-0.3, -0.25) is 14.4 Å². The van der Waals surface area contributed by atoms with E-state index in [1.165, 1.54) is 0 Å². The Bertz CT molecular complexity index is 635. The second-order valence-corrected chi connectivity index (χ2v) is 6.84. The fourth-order valence-corrected chi connectivity index (χ4v) is 4.06. The number of Topliss-reactive ketones (excluding diaryl/α,β-unsaturated/α-hetero) is 2. The van der Waals surface area contributed by atoms with Gasteiger partial charge in [0.1, 0.15) is 17.4 Å². The van der Waals surface area contributed by atoms with E-state index in [1.54, 1.807) is 6.92 Å². The van der Waals surface area contributed by atoms with Crippen LogP contribution in [0.3, 0.4) is 0 Å². The van der Waals surface area contributed by atoms with Crippen molar-refractivity contribution in [1.82, 2.24) is 5.32 Å². The Morgan fingerprint density at radius 3 is 2.52 bits per heavy atom. The molecule has 3 aliphatic rings. The summed E-state index contributed by atoms with van der Waals surface area (Å²) in [7, 11) is 0. The summed E-state index contributed by atoms with van der Waals surface area (Å²) in [6.07, 6.45) is 3.29. The second kappa shape index (κ2) is 5.60. The molecule has 1 saturated carbocycles. The summed E-state index contributed by atoms with van der Waals surface area (Å²) >= 11 is 0. The lowest BCUT2D eigenvalue weighted by atomic mass is 9.63. The van der Waals surface area contributed by atoms with Gasteiger partial charge in [0.2, 0.25) is 0 Å². The van der Waals surface area contributed by atoms with E-state index in [9.17, 15) is 24.6 Å². The Balaban J connectivity index is 2.00. The van der Waals surface area contributed by atoms with Crippen molar-refractivity contribution in [2.45, 2.75) is 38.8 Å². The van der Waals surface area contributed by atoms with Crippen LogP contribution in [0.4, 0.5) is 0 Å². The molecule has 6 unspecified atom stereocenters. The number of aliphatic hydroxyl groups is 2. The van der Waals surface area contributed by atoms with Crippen LogP contribution < -0.4 is 5.32 Å². The van der Waals surface area contributed by atoms with Crippen molar-refractivity contribution in [2.75, 3.05) is 0 Å². The Hall–Kier alpha value is -1.95. The zero-order chi connectivity index (χ0) is 16.9. The van der Waals surface area contributed by atoms with Crippen LogP contribution in [-0.2, 0) is 14.4 Å². The third kappa shape index (κ3) is 2.51. The second-order valence-electron chi connectivity index (χ2n) is 6.84. The number of amides is 1. The number of nitrogens with one attached hydrogen (secondary N) is 1.